The minimum absolute atomic E-state index is 0.00789. The summed E-state index contributed by atoms with van der Waals surface area (Å²) in [7, 11) is -2.94. The Morgan fingerprint density at radius 1 is 1.29 bits per heavy atom. The monoisotopic (exact) mass is 474 g/mol. The van der Waals surface area contributed by atoms with Crippen LogP contribution in [-0.4, -0.2) is 56.2 Å². The van der Waals surface area contributed by atoms with Crippen molar-refractivity contribution >= 4 is 33.2 Å². The quantitative estimate of drug-likeness (QED) is 0.693. The Hall–Kier alpha value is -2.27. The van der Waals surface area contributed by atoms with E-state index in [2.05, 4.69) is 5.32 Å². The summed E-state index contributed by atoms with van der Waals surface area (Å²) in [6.45, 7) is -0.482. The van der Waals surface area contributed by atoms with Crippen LogP contribution in [0.25, 0.3) is 0 Å². The van der Waals surface area contributed by atoms with Crippen LogP contribution in [-0.2, 0) is 10.0 Å². The van der Waals surface area contributed by atoms with Crippen LogP contribution in [0.15, 0.2) is 41.3 Å². The van der Waals surface area contributed by atoms with E-state index in [1.165, 1.54) is 31.4 Å². The first kappa shape index (κ1) is 23.4. The molecule has 2 aromatic carbocycles. The van der Waals surface area contributed by atoms with Gasteiger partial charge in [0.1, 0.15) is 22.6 Å². The van der Waals surface area contributed by atoms with Gasteiger partial charge in [0.15, 0.2) is 0 Å². The first-order valence-corrected chi connectivity index (χ1v) is 11.2. The predicted molar refractivity (Wildman–Crippen MR) is 111 cm³/mol. The molecule has 1 aliphatic rings. The average molecular weight is 475 g/mol. The normalized spacial score (nSPS) is 20.2. The van der Waals surface area contributed by atoms with Gasteiger partial charge in [0.25, 0.3) is 5.91 Å². The lowest BCUT2D eigenvalue weighted by atomic mass is 10.1. The van der Waals surface area contributed by atoms with E-state index < -0.39 is 40.6 Å². The average Bonchev–Trinajstić information content (AvgIpc) is 2.91. The van der Waals surface area contributed by atoms with Crippen LogP contribution in [0.2, 0.25) is 5.02 Å². The summed E-state index contributed by atoms with van der Waals surface area (Å²) in [4.78, 5) is 12.3. The number of nitrogens with one attached hydrogen (secondary N) is 1. The fourth-order valence-electron chi connectivity index (χ4n) is 3.22. The number of halogens is 3. The SMILES string of the molecule is COc1ccc(C(=O)Nc2ccc(F)c(Cl)c2)cc1S(=O)(=O)N1CCCC(O)C(F)C1. The molecule has 0 bridgehead atoms. The number of anilines is 1. The minimum Gasteiger partial charge on any atom is -0.495 e. The highest BCUT2D eigenvalue weighted by Gasteiger charge is 2.34. The molecule has 7 nitrogen and oxygen atoms in total. The minimum atomic E-state index is -4.22. The molecule has 1 saturated heterocycles. The number of hydrogen-bond acceptors (Lipinski definition) is 5. The number of hydrogen-bond donors (Lipinski definition) is 2. The molecular weight excluding hydrogens is 454 g/mol. The number of carbonyl (C=O) groups excluding carboxylic acids is 1. The number of aliphatic hydroxyl groups is 1. The number of rotatable bonds is 5. The Kier molecular flexibility index (Phi) is 7.15. The van der Waals surface area contributed by atoms with Crippen molar-refractivity contribution in [3.63, 3.8) is 0 Å². The second kappa shape index (κ2) is 9.47. The molecule has 1 aliphatic heterocycles. The first-order chi connectivity index (χ1) is 14.6. The van der Waals surface area contributed by atoms with Crippen molar-refractivity contribution in [1.29, 1.82) is 0 Å². The number of carbonyl (C=O) groups is 1. The van der Waals surface area contributed by atoms with Gasteiger partial charge in [-0.3, -0.25) is 4.79 Å². The number of benzene rings is 2. The van der Waals surface area contributed by atoms with E-state index in [4.69, 9.17) is 16.3 Å². The number of alkyl halides is 1. The van der Waals surface area contributed by atoms with Crippen molar-refractivity contribution in [2.45, 2.75) is 30.0 Å². The Morgan fingerprint density at radius 3 is 2.71 bits per heavy atom. The summed E-state index contributed by atoms with van der Waals surface area (Å²) >= 11 is 5.71. The molecule has 3 rings (SSSR count). The molecule has 1 amide bonds. The van der Waals surface area contributed by atoms with E-state index in [0.717, 1.165) is 16.4 Å². The summed E-state index contributed by atoms with van der Waals surface area (Å²) in [6, 6.07) is 7.43. The molecule has 0 radical (unpaired) electrons. The van der Waals surface area contributed by atoms with E-state index >= 15 is 0 Å². The van der Waals surface area contributed by atoms with Crippen LogP contribution in [0.4, 0.5) is 14.5 Å². The largest absolute Gasteiger partial charge is 0.495 e. The lowest BCUT2D eigenvalue weighted by Crippen LogP contribution is -2.38. The number of amides is 1. The van der Waals surface area contributed by atoms with E-state index in [1.54, 1.807) is 0 Å². The highest BCUT2D eigenvalue weighted by molar-refractivity contribution is 7.89. The maximum absolute atomic E-state index is 14.1. The topological polar surface area (TPSA) is 95.9 Å². The number of methoxy groups -OCH3 is 1. The van der Waals surface area contributed by atoms with Gasteiger partial charge < -0.3 is 15.2 Å². The van der Waals surface area contributed by atoms with Crippen molar-refractivity contribution < 1.29 is 31.8 Å². The van der Waals surface area contributed by atoms with Crippen LogP contribution in [0.5, 0.6) is 5.75 Å². The van der Waals surface area contributed by atoms with Crippen LogP contribution in [0.1, 0.15) is 23.2 Å². The zero-order chi connectivity index (χ0) is 22.8. The van der Waals surface area contributed by atoms with Gasteiger partial charge in [-0.15, -0.1) is 0 Å². The second-order valence-electron chi connectivity index (χ2n) is 7.04. The van der Waals surface area contributed by atoms with E-state index in [9.17, 15) is 27.1 Å². The highest BCUT2D eigenvalue weighted by atomic mass is 35.5. The molecule has 11 heteroatoms. The van der Waals surface area contributed by atoms with E-state index in [1.807, 2.05) is 0 Å². The smallest absolute Gasteiger partial charge is 0.255 e. The van der Waals surface area contributed by atoms with E-state index in [-0.39, 0.29) is 46.3 Å². The molecule has 2 aromatic rings. The zero-order valence-corrected chi connectivity index (χ0v) is 18.1. The van der Waals surface area contributed by atoms with Crippen molar-refractivity contribution in [3.05, 3.63) is 52.8 Å². The Morgan fingerprint density at radius 2 is 2.03 bits per heavy atom. The van der Waals surface area contributed by atoms with Crippen molar-refractivity contribution in [2.75, 3.05) is 25.5 Å². The van der Waals surface area contributed by atoms with Crippen molar-refractivity contribution in [2.24, 2.45) is 0 Å². The standard InChI is InChI=1S/C20H21ClF2N2O5S/c1-30-18-7-4-12(20(27)24-13-5-6-15(22)14(21)10-13)9-19(18)31(28,29)25-8-2-3-17(26)16(23)11-25/h4-7,9-10,16-17,26H,2-3,8,11H2,1H3,(H,24,27). The Balaban J connectivity index is 1.92. The molecule has 168 valence electrons. The molecule has 31 heavy (non-hydrogen) atoms. The van der Waals surface area contributed by atoms with Crippen LogP contribution < -0.4 is 10.1 Å². The molecule has 2 N–H and O–H groups in total. The molecule has 2 unspecified atom stereocenters. The molecule has 1 fully saturated rings. The summed E-state index contributed by atoms with van der Waals surface area (Å²) in [6.07, 6.45) is -2.53. The third kappa shape index (κ3) is 5.15. The van der Waals surface area contributed by atoms with Gasteiger partial charge in [0, 0.05) is 24.3 Å². The molecule has 2 atom stereocenters. The van der Waals surface area contributed by atoms with Crippen LogP contribution in [0.3, 0.4) is 0 Å². The molecule has 0 aliphatic carbocycles. The summed E-state index contributed by atoms with van der Waals surface area (Å²) in [5.74, 6) is -1.32. The van der Waals surface area contributed by atoms with Gasteiger partial charge in [-0.1, -0.05) is 11.6 Å². The maximum Gasteiger partial charge on any atom is 0.255 e. The first-order valence-electron chi connectivity index (χ1n) is 9.40. The van der Waals surface area contributed by atoms with Crippen LogP contribution >= 0.6 is 11.6 Å². The second-order valence-corrected chi connectivity index (χ2v) is 9.35. The third-order valence-corrected chi connectivity index (χ3v) is 7.10. The molecule has 0 saturated carbocycles. The fraction of sp³-hybridized carbons (Fsp3) is 0.350. The zero-order valence-electron chi connectivity index (χ0n) is 16.5. The van der Waals surface area contributed by atoms with Crippen molar-refractivity contribution in [3.8, 4) is 5.75 Å². The number of aliphatic hydroxyl groups excluding tert-OH is 1. The lowest BCUT2D eigenvalue weighted by Gasteiger charge is -2.23. The van der Waals surface area contributed by atoms with Gasteiger partial charge in [0.05, 0.1) is 18.2 Å². The summed E-state index contributed by atoms with van der Waals surface area (Å²) in [5, 5.41) is 12.0. The van der Waals surface area contributed by atoms with Gasteiger partial charge in [-0.2, -0.15) is 4.31 Å². The molecule has 1 heterocycles. The van der Waals surface area contributed by atoms with Crippen molar-refractivity contribution in [1.82, 2.24) is 4.31 Å². The van der Waals surface area contributed by atoms with Crippen LogP contribution in [0, 0.1) is 5.82 Å². The lowest BCUT2D eigenvalue weighted by molar-refractivity contribution is 0.0732. The highest BCUT2D eigenvalue weighted by Crippen LogP contribution is 2.30. The number of ether oxygens (including phenoxy) is 1. The van der Waals surface area contributed by atoms with Gasteiger partial charge in [-0.25, -0.2) is 17.2 Å². The number of nitrogens with zero attached hydrogens (tertiary/aromatic N) is 1. The fourth-order valence-corrected chi connectivity index (χ4v) is 5.07. The number of sulfonamides is 1. The molecular formula is C20H21ClF2N2O5S. The molecule has 0 aromatic heterocycles. The molecule has 0 spiro atoms. The van der Waals surface area contributed by atoms with Gasteiger partial charge in [0.2, 0.25) is 10.0 Å². The Labute approximate surface area is 183 Å². The summed E-state index contributed by atoms with van der Waals surface area (Å²) in [5.41, 5.74) is 0.213. The summed E-state index contributed by atoms with van der Waals surface area (Å²) < 4.78 is 59.9. The van der Waals surface area contributed by atoms with Gasteiger partial charge >= 0.3 is 0 Å². The predicted octanol–water partition coefficient (Wildman–Crippen LogP) is 3.22. The Bertz CT molecular complexity index is 1080. The van der Waals surface area contributed by atoms with E-state index in [0.29, 0.717) is 0 Å². The maximum atomic E-state index is 14.1. The third-order valence-electron chi connectivity index (χ3n) is 4.92. The van der Waals surface area contributed by atoms with Gasteiger partial charge in [-0.05, 0) is 49.2 Å².